The standard InChI is InChI=1S/C58H47N/c1-57(2)51-22-13-11-20-49(51)56-52(57)23-14-24-54(56)59(44-34-36-48-47-19-10-12-21-50(47)58(3,4)53(48)37-44)43-32-29-41(30-33-43)46-35-31-40-17-8-9-18-45(40)55(46)42-27-25-39(26-28-42)38-15-6-5-7-16-38/h5-25,27,29-37H,26,28H2,1-4H3. The first-order chi connectivity index (χ1) is 28.8. The lowest BCUT2D eigenvalue weighted by Crippen LogP contribution is -2.17. The SMILES string of the molecule is CC1(C)c2ccccc2-c2ccc(N(c3ccc(-c4ccc5ccccc5c4C4=CC=C(c5ccccc5)CC4)cc3)c3cccc4c3-c3ccccc3C4(C)C)cc21. The van der Waals surface area contributed by atoms with Gasteiger partial charge < -0.3 is 4.90 Å². The number of hydrogen-bond donors (Lipinski definition) is 0. The molecule has 0 unspecified atom stereocenters. The third kappa shape index (κ3) is 5.52. The molecular formula is C58H47N. The first kappa shape index (κ1) is 35.5. The van der Waals surface area contributed by atoms with Crippen LogP contribution in [0.2, 0.25) is 0 Å². The van der Waals surface area contributed by atoms with Crippen molar-refractivity contribution in [1.82, 2.24) is 0 Å². The molecular weight excluding hydrogens is 711 g/mol. The van der Waals surface area contributed by atoms with E-state index in [1.165, 1.54) is 100 Å². The van der Waals surface area contributed by atoms with Gasteiger partial charge in [-0.15, -0.1) is 0 Å². The molecule has 0 saturated heterocycles. The summed E-state index contributed by atoms with van der Waals surface area (Å²) in [6.07, 6.45) is 6.74. The fourth-order valence-corrected chi connectivity index (χ4v) is 10.6. The fraction of sp³-hybridized carbons (Fsp3) is 0.138. The molecule has 11 rings (SSSR count). The molecule has 0 fully saturated rings. The van der Waals surface area contributed by atoms with Crippen molar-refractivity contribution in [3.05, 3.63) is 221 Å². The van der Waals surface area contributed by atoms with Crippen LogP contribution in [0.4, 0.5) is 17.1 Å². The van der Waals surface area contributed by atoms with Crippen molar-refractivity contribution in [3.63, 3.8) is 0 Å². The number of anilines is 3. The molecule has 0 bridgehead atoms. The van der Waals surface area contributed by atoms with Crippen molar-refractivity contribution in [2.75, 3.05) is 4.90 Å². The van der Waals surface area contributed by atoms with Gasteiger partial charge in [-0.3, -0.25) is 0 Å². The Morgan fingerprint density at radius 3 is 1.76 bits per heavy atom. The lowest BCUT2D eigenvalue weighted by Gasteiger charge is -2.30. The fourth-order valence-electron chi connectivity index (χ4n) is 10.6. The Labute approximate surface area is 348 Å². The summed E-state index contributed by atoms with van der Waals surface area (Å²) in [7, 11) is 0. The predicted molar refractivity (Wildman–Crippen MR) is 251 cm³/mol. The predicted octanol–water partition coefficient (Wildman–Crippen LogP) is 15.8. The molecule has 284 valence electrons. The van der Waals surface area contributed by atoms with Gasteiger partial charge in [0, 0.05) is 27.8 Å². The second-order valence-electron chi connectivity index (χ2n) is 17.6. The highest BCUT2D eigenvalue weighted by molar-refractivity contribution is 6.02. The van der Waals surface area contributed by atoms with Gasteiger partial charge >= 0.3 is 0 Å². The first-order valence-electron chi connectivity index (χ1n) is 21.1. The summed E-state index contributed by atoms with van der Waals surface area (Å²) in [6, 6.07) is 65.7. The van der Waals surface area contributed by atoms with Crippen LogP contribution in [0.25, 0.3) is 55.3 Å². The zero-order chi connectivity index (χ0) is 39.9. The zero-order valence-corrected chi connectivity index (χ0v) is 34.3. The van der Waals surface area contributed by atoms with Crippen LogP contribution < -0.4 is 4.90 Å². The summed E-state index contributed by atoms with van der Waals surface area (Å²) >= 11 is 0. The lowest BCUT2D eigenvalue weighted by molar-refractivity contribution is 0.660. The van der Waals surface area contributed by atoms with E-state index in [0.29, 0.717) is 0 Å². The smallest absolute Gasteiger partial charge is 0.0543 e. The summed E-state index contributed by atoms with van der Waals surface area (Å²) in [5.41, 5.74) is 22.1. The van der Waals surface area contributed by atoms with Gasteiger partial charge in [0.15, 0.2) is 0 Å². The topological polar surface area (TPSA) is 3.24 Å². The number of nitrogens with zero attached hydrogens (tertiary/aromatic N) is 1. The molecule has 0 heterocycles. The van der Waals surface area contributed by atoms with Crippen molar-refractivity contribution in [3.8, 4) is 33.4 Å². The molecule has 8 aromatic rings. The van der Waals surface area contributed by atoms with E-state index < -0.39 is 0 Å². The molecule has 8 aromatic carbocycles. The molecule has 0 amide bonds. The maximum Gasteiger partial charge on any atom is 0.0543 e. The van der Waals surface area contributed by atoms with Gasteiger partial charge in [0.1, 0.15) is 0 Å². The minimum absolute atomic E-state index is 0.101. The van der Waals surface area contributed by atoms with Crippen LogP contribution in [-0.4, -0.2) is 0 Å². The second-order valence-corrected chi connectivity index (χ2v) is 17.6. The van der Waals surface area contributed by atoms with E-state index >= 15 is 0 Å². The monoisotopic (exact) mass is 757 g/mol. The van der Waals surface area contributed by atoms with Crippen molar-refractivity contribution in [2.24, 2.45) is 0 Å². The Kier molecular flexibility index (Phi) is 8.07. The van der Waals surface area contributed by atoms with Crippen LogP contribution in [0.3, 0.4) is 0 Å². The highest BCUT2D eigenvalue weighted by Gasteiger charge is 2.39. The van der Waals surface area contributed by atoms with E-state index in [0.717, 1.165) is 18.5 Å². The van der Waals surface area contributed by atoms with Gasteiger partial charge in [-0.1, -0.05) is 185 Å². The molecule has 1 heteroatoms. The molecule has 0 N–H and O–H groups in total. The second kappa shape index (κ2) is 13.4. The van der Waals surface area contributed by atoms with Crippen LogP contribution >= 0.6 is 0 Å². The summed E-state index contributed by atoms with van der Waals surface area (Å²) in [6.45, 7) is 9.50. The molecule has 0 radical (unpaired) electrons. The number of fused-ring (bicyclic) bond motifs is 7. The highest BCUT2D eigenvalue weighted by atomic mass is 15.1. The average molecular weight is 758 g/mol. The van der Waals surface area contributed by atoms with Crippen molar-refractivity contribution >= 4 is 39.0 Å². The Morgan fingerprint density at radius 2 is 0.983 bits per heavy atom. The Hall–Kier alpha value is -6.70. The molecule has 0 atom stereocenters. The lowest BCUT2D eigenvalue weighted by atomic mass is 9.82. The van der Waals surface area contributed by atoms with Gasteiger partial charge in [0.05, 0.1) is 5.69 Å². The van der Waals surface area contributed by atoms with E-state index in [1.807, 2.05) is 0 Å². The molecule has 3 aliphatic rings. The normalized spacial score (nSPS) is 15.5. The third-order valence-electron chi connectivity index (χ3n) is 13.6. The van der Waals surface area contributed by atoms with Crippen LogP contribution in [-0.2, 0) is 10.8 Å². The quantitative estimate of drug-likeness (QED) is 0.163. The highest BCUT2D eigenvalue weighted by Crippen LogP contribution is 2.56. The Morgan fingerprint density at radius 1 is 0.390 bits per heavy atom. The summed E-state index contributed by atoms with van der Waals surface area (Å²) in [5, 5.41) is 2.58. The van der Waals surface area contributed by atoms with E-state index in [9.17, 15) is 0 Å². The Bertz CT molecular complexity index is 3030. The Balaban J connectivity index is 1.07. The van der Waals surface area contributed by atoms with E-state index in [4.69, 9.17) is 0 Å². The number of benzene rings is 8. The number of allylic oxidation sites excluding steroid dienone is 4. The number of rotatable bonds is 6. The van der Waals surface area contributed by atoms with Gasteiger partial charge in [-0.25, -0.2) is 0 Å². The first-order valence-corrected chi connectivity index (χ1v) is 21.1. The van der Waals surface area contributed by atoms with E-state index in [-0.39, 0.29) is 10.8 Å². The summed E-state index contributed by atoms with van der Waals surface area (Å²) in [4.78, 5) is 2.51. The minimum atomic E-state index is -0.109. The van der Waals surface area contributed by atoms with Crippen LogP contribution in [0.1, 0.15) is 73.9 Å². The third-order valence-corrected chi connectivity index (χ3v) is 13.6. The molecule has 0 spiro atoms. The van der Waals surface area contributed by atoms with Crippen molar-refractivity contribution in [1.29, 1.82) is 0 Å². The molecule has 0 saturated carbocycles. The van der Waals surface area contributed by atoms with Crippen LogP contribution in [0.15, 0.2) is 188 Å². The minimum Gasteiger partial charge on any atom is -0.310 e. The van der Waals surface area contributed by atoms with Gasteiger partial charge in [0.2, 0.25) is 0 Å². The molecule has 0 aliphatic heterocycles. The maximum atomic E-state index is 2.51. The molecule has 59 heavy (non-hydrogen) atoms. The summed E-state index contributed by atoms with van der Waals surface area (Å²) < 4.78 is 0. The maximum absolute atomic E-state index is 2.51. The van der Waals surface area contributed by atoms with Crippen LogP contribution in [0, 0.1) is 0 Å². The molecule has 0 aromatic heterocycles. The van der Waals surface area contributed by atoms with Crippen molar-refractivity contribution in [2.45, 2.75) is 51.4 Å². The average Bonchev–Trinajstić information content (AvgIpc) is 3.66. The summed E-state index contributed by atoms with van der Waals surface area (Å²) in [5.74, 6) is 0. The van der Waals surface area contributed by atoms with E-state index in [2.05, 4.69) is 221 Å². The molecule has 3 aliphatic carbocycles. The van der Waals surface area contributed by atoms with E-state index in [1.54, 1.807) is 0 Å². The van der Waals surface area contributed by atoms with Crippen LogP contribution in [0.5, 0.6) is 0 Å². The van der Waals surface area contributed by atoms with Crippen molar-refractivity contribution < 1.29 is 0 Å². The van der Waals surface area contributed by atoms with Gasteiger partial charge in [0.25, 0.3) is 0 Å². The van der Waals surface area contributed by atoms with Gasteiger partial charge in [-0.05, 0) is 126 Å². The largest absolute Gasteiger partial charge is 0.310 e. The number of hydrogen-bond acceptors (Lipinski definition) is 1. The zero-order valence-electron chi connectivity index (χ0n) is 34.3. The van der Waals surface area contributed by atoms with Gasteiger partial charge in [-0.2, -0.15) is 0 Å². The molecule has 1 nitrogen and oxygen atoms in total.